The molecule has 0 saturated heterocycles. The normalized spacial score (nSPS) is 17.0. The van der Waals surface area contributed by atoms with Gasteiger partial charge in [-0.15, -0.1) is 5.10 Å². The molecule has 2 aliphatic heterocycles. The van der Waals surface area contributed by atoms with Gasteiger partial charge in [0.2, 0.25) is 0 Å². The lowest BCUT2D eigenvalue weighted by Crippen LogP contribution is -2.50. The predicted octanol–water partition coefficient (Wildman–Crippen LogP) is 3.16. The Balaban J connectivity index is 1.48. The van der Waals surface area contributed by atoms with Gasteiger partial charge in [-0.1, -0.05) is 79.3 Å². The molecule has 0 aromatic heterocycles. The number of hydrogen-bond donors (Lipinski definition) is 1. The van der Waals surface area contributed by atoms with Crippen molar-refractivity contribution >= 4 is 28.5 Å². The monoisotopic (exact) mass is 442 g/mol. The van der Waals surface area contributed by atoms with Crippen LogP contribution in [0.1, 0.15) is 24.2 Å². The molecule has 0 spiro atoms. The summed E-state index contributed by atoms with van der Waals surface area (Å²) in [5.74, 6) is 1.43. The van der Waals surface area contributed by atoms with E-state index in [1.54, 1.807) is 5.01 Å². The lowest BCUT2D eigenvalue weighted by Gasteiger charge is -2.34. The van der Waals surface area contributed by atoms with E-state index in [0.717, 1.165) is 33.2 Å². The second kappa shape index (κ2) is 8.88. The molecule has 160 valence electrons. The van der Waals surface area contributed by atoms with E-state index in [0.29, 0.717) is 17.5 Å². The molecular weight excluding hydrogens is 420 g/mol. The summed E-state index contributed by atoms with van der Waals surface area (Å²) in [5.41, 5.74) is 2.57. The Morgan fingerprint density at radius 2 is 1.75 bits per heavy atom. The Hall–Kier alpha value is -3.58. The average molecular weight is 443 g/mol. The van der Waals surface area contributed by atoms with Crippen molar-refractivity contribution in [2.45, 2.75) is 19.7 Å². The van der Waals surface area contributed by atoms with Crippen LogP contribution < -0.4 is 20.6 Å². The molecule has 3 aromatic carbocycles. The zero-order valence-corrected chi connectivity index (χ0v) is 18.4. The van der Waals surface area contributed by atoms with Crippen LogP contribution in [0.15, 0.2) is 89.0 Å². The van der Waals surface area contributed by atoms with Gasteiger partial charge < -0.3 is 4.74 Å². The SMILES string of the molecule is CCSC1=NN2C(=c3ccccc3=N[C@H]2c2ccc(OCc3ccccc3)cc2)C(=O)N1. The summed E-state index contributed by atoms with van der Waals surface area (Å²) in [6.45, 7) is 2.54. The standard InChI is InChI=1S/C25H22N4O2S/c1-2-32-25-27-24(30)22-20-10-6-7-11-21(20)26-23(29(22)28-25)18-12-14-19(15-13-18)31-16-17-8-4-3-5-9-17/h3-15,23H,2,16H2,1H3,(H,27,28,30)/t23-/m1/s1. The van der Waals surface area contributed by atoms with E-state index in [1.807, 2.05) is 85.8 Å². The fraction of sp³-hybridized carbons (Fsp3) is 0.160. The number of ether oxygens (including phenoxy) is 1. The van der Waals surface area contributed by atoms with Crippen molar-refractivity contribution in [1.82, 2.24) is 10.3 Å². The van der Waals surface area contributed by atoms with Crippen LogP contribution in [0, 0.1) is 0 Å². The van der Waals surface area contributed by atoms with Gasteiger partial charge in [0.05, 0.1) is 5.36 Å². The second-order valence-electron chi connectivity index (χ2n) is 7.35. The first kappa shape index (κ1) is 20.3. The topological polar surface area (TPSA) is 66.3 Å². The average Bonchev–Trinajstić information content (AvgIpc) is 2.83. The lowest BCUT2D eigenvalue weighted by atomic mass is 10.1. The molecule has 3 aromatic rings. The molecule has 5 rings (SSSR count). The Bertz CT molecular complexity index is 1290. The number of thioether (sulfide) groups is 1. The molecule has 6 nitrogen and oxygen atoms in total. The number of amides is 1. The van der Waals surface area contributed by atoms with Crippen molar-refractivity contribution < 1.29 is 9.53 Å². The van der Waals surface area contributed by atoms with Crippen LogP contribution in [0.3, 0.4) is 0 Å². The van der Waals surface area contributed by atoms with Gasteiger partial charge in [0.15, 0.2) is 11.3 Å². The molecular formula is C25H22N4O2S. The molecule has 32 heavy (non-hydrogen) atoms. The van der Waals surface area contributed by atoms with Crippen molar-refractivity contribution in [1.29, 1.82) is 0 Å². The van der Waals surface area contributed by atoms with Crippen molar-refractivity contribution in [3.8, 4) is 5.75 Å². The predicted molar refractivity (Wildman–Crippen MR) is 126 cm³/mol. The third kappa shape index (κ3) is 3.99. The number of benzene rings is 3. The highest BCUT2D eigenvalue weighted by molar-refractivity contribution is 8.13. The molecule has 7 heteroatoms. The van der Waals surface area contributed by atoms with E-state index in [1.165, 1.54) is 11.8 Å². The molecule has 0 saturated carbocycles. The van der Waals surface area contributed by atoms with Crippen molar-refractivity contribution in [3.05, 3.63) is 101 Å². The Morgan fingerprint density at radius 3 is 2.53 bits per heavy atom. The number of hydrogen-bond acceptors (Lipinski definition) is 6. The second-order valence-corrected chi connectivity index (χ2v) is 8.60. The molecule has 1 atom stereocenters. The summed E-state index contributed by atoms with van der Waals surface area (Å²) in [7, 11) is 0. The highest BCUT2D eigenvalue weighted by Crippen LogP contribution is 2.31. The van der Waals surface area contributed by atoms with E-state index in [4.69, 9.17) is 14.8 Å². The minimum atomic E-state index is -0.429. The van der Waals surface area contributed by atoms with Crippen LogP contribution in [0.25, 0.3) is 5.70 Å². The van der Waals surface area contributed by atoms with E-state index >= 15 is 0 Å². The maximum Gasteiger partial charge on any atom is 0.276 e. The number of amidine groups is 1. The first-order valence-corrected chi connectivity index (χ1v) is 11.5. The van der Waals surface area contributed by atoms with Crippen LogP contribution in [0.5, 0.6) is 5.75 Å². The van der Waals surface area contributed by atoms with Gasteiger partial charge in [-0.3, -0.25) is 15.1 Å². The van der Waals surface area contributed by atoms with Crippen LogP contribution >= 0.6 is 11.8 Å². The molecule has 0 radical (unpaired) electrons. The molecule has 2 aliphatic rings. The zero-order chi connectivity index (χ0) is 21.9. The van der Waals surface area contributed by atoms with E-state index < -0.39 is 6.17 Å². The molecule has 1 amide bonds. The van der Waals surface area contributed by atoms with Gasteiger partial charge in [-0.05, 0) is 35.1 Å². The zero-order valence-electron chi connectivity index (χ0n) is 17.6. The summed E-state index contributed by atoms with van der Waals surface area (Å²) in [6.07, 6.45) is -0.429. The fourth-order valence-electron chi connectivity index (χ4n) is 3.72. The summed E-state index contributed by atoms with van der Waals surface area (Å²) in [4.78, 5) is 17.9. The quantitative estimate of drug-likeness (QED) is 0.659. The van der Waals surface area contributed by atoms with Gasteiger partial charge in [-0.2, -0.15) is 0 Å². The van der Waals surface area contributed by atoms with Gasteiger partial charge in [0, 0.05) is 5.22 Å². The third-order valence-electron chi connectivity index (χ3n) is 5.22. The van der Waals surface area contributed by atoms with Crippen molar-refractivity contribution in [3.63, 3.8) is 0 Å². The van der Waals surface area contributed by atoms with Crippen LogP contribution in [0.2, 0.25) is 0 Å². The summed E-state index contributed by atoms with van der Waals surface area (Å²) in [5, 5.41) is 11.5. The number of fused-ring (bicyclic) bond motifs is 2. The number of nitrogens with zero attached hydrogens (tertiary/aromatic N) is 3. The summed E-state index contributed by atoms with van der Waals surface area (Å²) in [6, 6.07) is 25.6. The van der Waals surface area contributed by atoms with Gasteiger partial charge in [-0.25, -0.2) is 5.01 Å². The largest absolute Gasteiger partial charge is 0.489 e. The lowest BCUT2D eigenvalue weighted by molar-refractivity contribution is -0.116. The molecule has 2 heterocycles. The van der Waals surface area contributed by atoms with Gasteiger partial charge in [0.1, 0.15) is 18.1 Å². The minimum Gasteiger partial charge on any atom is -0.489 e. The summed E-state index contributed by atoms with van der Waals surface area (Å²) >= 11 is 1.50. The van der Waals surface area contributed by atoms with E-state index in [2.05, 4.69) is 5.32 Å². The first-order chi connectivity index (χ1) is 15.7. The molecule has 0 aliphatic carbocycles. The minimum absolute atomic E-state index is 0.161. The smallest absolute Gasteiger partial charge is 0.276 e. The van der Waals surface area contributed by atoms with Crippen LogP contribution in [-0.2, 0) is 11.4 Å². The number of nitrogens with one attached hydrogen (secondary N) is 1. The maximum atomic E-state index is 13.0. The number of carbonyl (C=O) groups is 1. The number of carbonyl (C=O) groups excluding carboxylic acids is 1. The van der Waals surface area contributed by atoms with E-state index in [9.17, 15) is 4.79 Å². The third-order valence-corrected chi connectivity index (χ3v) is 5.97. The van der Waals surface area contributed by atoms with E-state index in [-0.39, 0.29) is 5.91 Å². The first-order valence-electron chi connectivity index (χ1n) is 10.5. The Kier molecular flexibility index (Phi) is 5.64. The Morgan fingerprint density at radius 1 is 1.00 bits per heavy atom. The fourth-order valence-corrected chi connectivity index (χ4v) is 4.31. The number of rotatable bonds is 5. The number of hydrazone groups is 1. The maximum absolute atomic E-state index is 13.0. The molecule has 0 unspecified atom stereocenters. The highest BCUT2D eigenvalue weighted by Gasteiger charge is 2.34. The molecule has 1 N–H and O–H groups in total. The molecule has 0 fully saturated rings. The number of para-hydroxylation sites is 1. The molecule has 0 bridgehead atoms. The summed E-state index contributed by atoms with van der Waals surface area (Å²) < 4.78 is 5.92. The Labute approximate surface area is 190 Å². The van der Waals surface area contributed by atoms with Crippen LogP contribution in [0.4, 0.5) is 0 Å². The van der Waals surface area contributed by atoms with Gasteiger partial charge in [0.25, 0.3) is 5.91 Å². The van der Waals surface area contributed by atoms with Gasteiger partial charge >= 0.3 is 0 Å². The van der Waals surface area contributed by atoms with Crippen molar-refractivity contribution in [2.24, 2.45) is 10.1 Å². The van der Waals surface area contributed by atoms with Crippen LogP contribution in [-0.4, -0.2) is 21.8 Å². The highest BCUT2D eigenvalue weighted by atomic mass is 32.2. The van der Waals surface area contributed by atoms with Crippen molar-refractivity contribution in [2.75, 3.05) is 5.75 Å².